The van der Waals surface area contributed by atoms with E-state index in [0.717, 1.165) is 0 Å². The highest BCUT2D eigenvalue weighted by atomic mass is 32.2. The Labute approximate surface area is 111 Å². The molecule has 0 spiro atoms. The monoisotopic (exact) mass is 291 g/mol. The lowest BCUT2D eigenvalue weighted by atomic mass is 10.0. The van der Waals surface area contributed by atoms with Crippen LogP contribution < -0.4 is 9.44 Å². The van der Waals surface area contributed by atoms with Crippen LogP contribution in [0.1, 0.15) is 19.8 Å². The number of amides is 2. The zero-order valence-electron chi connectivity index (χ0n) is 10.5. The Balaban J connectivity index is 2.07. The molecule has 4 N–H and O–H groups in total. The summed E-state index contributed by atoms with van der Waals surface area (Å²) in [4.78, 5) is 13.0. The number of hydrogen-bond donors (Lipinski definition) is 4. The van der Waals surface area contributed by atoms with Crippen molar-refractivity contribution in [2.75, 3.05) is 13.1 Å². The lowest BCUT2D eigenvalue weighted by molar-refractivity contribution is -0.0583. The molecule has 2 bridgehead atoms. The quantitative estimate of drug-likeness (QED) is 0.303. The summed E-state index contributed by atoms with van der Waals surface area (Å²) in [7, 11) is -3.77. The van der Waals surface area contributed by atoms with E-state index < -0.39 is 22.3 Å². The van der Waals surface area contributed by atoms with E-state index in [4.69, 9.17) is 5.41 Å². The standard InChI is InChI=1S/C9H17N5O4S/c1-2-11-19(17,18)12-8(10)7-4-3-6-5-13(7)9(15)14(6)16/h6-7,11,16H,2-5H2,1H3,(H2,10,12). The van der Waals surface area contributed by atoms with Gasteiger partial charge in [0.1, 0.15) is 5.84 Å². The lowest BCUT2D eigenvalue weighted by Crippen LogP contribution is -2.52. The molecule has 2 heterocycles. The van der Waals surface area contributed by atoms with E-state index in [9.17, 15) is 18.4 Å². The highest BCUT2D eigenvalue weighted by Gasteiger charge is 2.46. The molecular weight excluding hydrogens is 274 g/mol. The van der Waals surface area contributed by atoms with Gasteiger partial charge in [-0.25, -0.2) is 9.86 Å². The zero-order valence-corrected chi connectivity index (χ0v) is 11.3. The molecule has 2 saturated heterocycles. The molecular formula is C9H17N5O4S. The van der Waals surface area contributed by atoms with E-state index >= 15 is 0 Å². The molecule has 19 heavy (non-hydrogen) atoms. The molecule has 0 aromatic rings. The molecule has 2 aliphatic heterocycles. The van der Waals surface area contributed by atoms with E-state index in [1.165, 1.54) is 4.90 Å². The number of rotatable bonds is 4. The average Bonchev–Trinajstić information content (AvgIpc) is 2.54. The second kappa shape index (κ2) is 4.94. The first-order valence-electron chi connectivity index (χ1n) is 6.00. The average molecular weight is 291 g/mol. The van der Waals surface area contributed by atoms with Crippen LogP contribution >= 0.6 is 0 Å². The maximum Gasteiger partial charge on any atom is 0.344 e. The van der Waals surface area contributed by atoms with Crippen molar-refractivity contribution in [3.05, 3.63) is 0 Å². The summed E-state index contributed by atoms with van der Waals surface area (Å²) >= 11 is 0. The maximum atomic E-state index is 11.7. The van der Waals surface area contributed by atoms with Gasteiger partial charge in [0.2, 0.25) is 0 Å². The number of carbonyl (C=O) groups excluding carboxylic acids is 1. The molecule has 0 aromatic carbocycles. The fourth-order valence-electron chi connectivity index (χ4n) is 2.39. The van der Waals surface area contributed by atoms with Gasteiger partial charge >= 0.3 is 6.03 Å². The second-order valence-corrected chi connectivity index (χ2v) is 6.04. The van der Waals surface area contributed by atoms with Gasteiger partial charge in [-0.05, 0) is 12.8 Å². The maximum absolute atomic E-state index is 11.7. The number of nitrogens with one attached hydrogen (secondary N) is 3. The van der Waals surface area contributed by atoms with Crippen LogP contribution in [0.15, 0.2) is 0 Å². The van der Waals surface area contributed by atoms with Crippen molar-refractivity contribution in [3.63, 3.8) is 0 Å². The largest absolute Gasteiger partial charge is 0.344 e. The normalized spacial score (nSPS) is 26.7. The Morgan fingerprint density at radius 2 is 2.21 bits per heavy atom. The van der Waals surface area contributed by atoms with Crippen LogP contribution in [0, 0.1) is 5.41 Å². The Morgan fingerprint density at radius 1 is 1.53 bits per heavy atom. The minimum absolute atomic E-state index is 0.211. The molecule has 2 aliphatic rings. The van der Waals surface area contributed by atoms with Crippen LogP contribution in [0.2, 0.25) is 0 Å². The summed E-state index contributed by atoms with van der Waals surface area (Å²) in [6.07, 6.45) is 0.982. The Bertz CT molecular complexity index is 493. The molecule has 2 fully saturated rings. The molecule has 2 rings (SSSR count). The third-order valence-corrected chi connectivity index (χ3v) is 4.41. The van der Waals surface area contributed by atoms with Crippen molar-refractivity contribution < 1.29 is 18.4 Å². The van der Waals surface area contributed by atoms with Gasteiger partial charge < -0.3 is 4.90 Å². The van der Waals surface area contributed by atoms with Crippen molar-refractivity contribution >= 4 is 22.1 Å². The first-order chi connectivity index (χ1) is 8.85. The lowest BCUT2D eigenvalue weighted by Gasteiger charge is -2.30. The van der Waals surface area contributed by atoms with Crippen molar-refractivity contribution in [2.24, 2.45) is 0 Å². The minimum Gasteiger partial charge on any atom is -0.311 e. The number of amidine groups is 1. The van der Waals surface area contributed by atoms with Crippen LogP contribution in [0.4, 0.5) is 4.79 Å². The number of urea groups is 1. The summed E-state index contributed by atoms with van der Waals surface area (Å²) < 4.78 is 27.3. The van der Waals surface area contributed by atoms with Gasteiger partial charge in [0.05, 0.1) is 12.1 Å². The molecule has 2 atom stereocenters. The van der Waals surface area contributed by atoms with Crippen LogP contribution in [0.25, 0.3) is 0 Å². The summed E-state index contributed by atoms with van der Waals surface area (Å²) in [5, 5.41) is 18.0. The number of fused-ring (bicyclic) bond motifs is 2. The van der Waals surface area contributed by atoms with E-state index in [1.807, 2.05) is 0 Å². The molecule has 2 unspecified atom stereocenters. The van der Waals surface area contributed by atoms with Crippen molar-refractivity contribution in [1.82, 2.24) is 19.4 Å². The van der Waals surface area contributed by atoms with Gasteiger partial charge in [-0.2, -0.15) is 13.1 Å². The van der Waals surface area contributed by atoms with Gasteiger partial charge in [-0.15, -0.1) is 0 Å². The topological polar surface area (TPSA) is 126 Å². The van der Waals surface area contributed by atoms with Gasteiger partial charge in [0.15, 0.2) is 0 Å². The van der Waals surface area contributed by atoms with Gasteiger partial charge in [0.25, 0.3) is 10.2 Å². The molecule has 0 saturated carbocycles. The first kappa shape index (κ1) is 14.0. The van der Waals surface area contributed by atoms with Crippen molar-refractivity contribution in [3.8, 4) is 0 Å². The third kappa shape index (κ3) is 2.65. The molecule has 10 heteroatoms. The fourth-order valence-corrected chi connectivity index (χ4v) is 3.27. The predicted molar refractivity (Wildman–Crippen MR) is 66.0 cm³/mol. The third-order valence-electron chi connectivity index (χ3n) is 3.26. The molecule has 108 valence electrons. The van der Waals surface area contributed by atoms with Crippen LogP contribution in [-0.2, 0) is 10.2 Å². The number of carbonyl (C=O) groups is 1. The summed E-state index contributed by atoms with van der Waals surface area (Å²) in [6, 6.07) is -1.49. The smallest absolute Gasteiger partial charge is 0.311 e. The van der Waals surface area contributed by atoms with Gasteiger partial charge in [-0.1, -0.05) is 6.92 Å². The summed E-state index contributed by atoms with van der Waals surface area (Å²) in [5.74, 6) is -0.261. The van der Waals surface area contributed by atoms with Gasteiger partial charge in [0, 0.05) is 13.1 Å². The van der Waals surface area contributed by atoms with Crippen molar-refractivity contribution in [1.29, 1.82) is 5.41 Å². The number of nitrogens with zero attached hydrogens (tertiary/aromatic N) is 2. The molecule has 0 aromatic heterocycles. The molecule has 9 nitrogen and oxygen atoms in total. The van der Waals surface area contributed by atoms with Crippen molar-refractivity contribution in [2.45, 2.75) is 31.8 Å². The van der Waals surface area contributed by atoms with Gasteiger partial charge in [-0.3, -0.25) is 15.3 Å². The Kier molecular flexibility index (Phi) is 3.65. The first-order valence-corrected chi connectivity index (χ1v) is 7.48. The molecule has 0 radical (unpaired) electrons. The Hall–Kier alpha value is -1.39. The molecule has 2 amide bonds. The van der Waals surface area contributed by atoms with E-state index in [-0.39, 0.29) is 18.4 Å². The van der Waals surface area contributed by atoms with E-state index in [1.54, 1.807) is 6.92 Å². The predicted octanol–water partition coefficient (Wildman–Crippen LogP) is -0.935. The summed E-state index contributed by atoms with van der Waals surface area (Å²) in [6.45, 7) is 2.15. The zero-order chi connectivity index (χ0) is 14.2. The molecule has 0 aliphatic carbocycles. The fraction of sp³-hybridized carbons (Fsp3) is 0.778. The van der Waals surface area contributed by atoms with Crippen LogP contribution in [0.5, 0.6) is 0 Å². The number of piperidine rings is 1. The highest BCUT2D eigenvalue weighted by molar-refractivity contribution is 7.88. The van der Waals surface area contributed by atoms with Crippen LogP contribution in [-0.4, -0.2) is 60.6 Å². The minimum atomic E-state index is -3.77. The SMILES string of the molecule is CCNS(=O)(=O)NC(=N)C1CCC2CN1C(=O)N2O. The summed E-state index contributed by atoms with van der Waals surface area (Å²) in [5.41, 5.74) is 0. The van der Waals surface area contributed by atoms with E-state index in [2.05, 4.69) is 9.44 Å². The van der Waals surface area contributed by atoms with Crippen LogP contribution in [0.3, 0.4) is 0 Å². The van der Waals surface area contributed by atoms with E-state index in [0.29, 0.717) is 24.4 Å². The Morgan fingerprint density at radius 3 is 2.84 bits per heavy atom. The highest BCUT2D eigenvalue weighted by Crippen LogP contribution is 2.28. The number of hydroxylamine groups is 2. The second-order valence-electron chi connectivity index (χ2n) is 4.54. The number of hydrogen-bond acceptors (Lipinski definition) is 5.